The van der Waals surface area contributed by atoms with Crippen molar-refractivity contribution in [2.75, 3.05) is 20.2 Å². The van der Waals surface area contributed by atoms with E-state index in [-0.39, 0.29) is 11.8 Å². The zero-order valence-corrected chi connectivity index (χ0v) is 19.4. The van der Waals surface area contributed by atoms with Crippen molar-refractivity contribution in [1.29, 1.82) is 0 Å². The van der Waals surface area contributed by atoms with Gasteiger partial charge in [0.1, 0.15) is 17.2 Å². The lowest BCUT2D eigenvalue weighted by atomic mass is 9.97. The summed E-state index contributed by atoms with van der Waals surface area (Å²) in [5, 5.41) is 4.53. The molecule has 4 rings (SSSR count). The molecule has 2 aromatic heterocycles. The largest absolute Gasteiger partial charge is 0.497 e. The van der Waals surface area contributed by atoms with E-state index in [2.05, 4.69) is 23.9 Å². The number of benzene rings is 1. The van der Waals surface area contributed by atoms with E-state index in [1.807, 2.05) is 42.3 Å². The van der Waals surface area contributed by atoms with Crippen LogP contribution in [0.4, 0.5) is 0 Å². The van der Waals surface area contributed by atoms with Gasteiger partial charge in [0.05, 0.1) is 24.9 Å². The van der Waals surface area contributed by atoms with Crippen molar-refractivity contribution in [1.82, 2.24) is 19.7 Å². The Kier molecular flexibility index (Phi) is 6.63. The highest BCUT2D eigenvalue weighted by atomic mass is 16.5. The van der Waals surface area contributed by atoms with E-state index in [1.165, 1.54) is 0 Å². The summed E-state index contributed by atoms with van der Waals surface area (Å²) in [6.07, 6.45) is 5.23. The quantitative estimate of drug-likeness (QED) is 0.554. The van der Waals surface area contributed by atoms with Crippen molar-refractivity contribution in [3.63, 3.8) is 0 Å². The molecule has 3 aromatic rings. The molecule has 1 atom stereocenters. The molecule has 0 saturated carbocycles. The van der Waals surface area contributed by atoms with Gasteiger partial charge in [0.25, 0.3) is 5.91 Å². The second-order valence-corrected chi connectivity index (χ2v) is 9.03. The minimum Gasteiger partial charge on any atom is -0.497 e. The maximum atomic E-state index is 13.2. The lowest BCUT2D eigenvalue weighted by molar-refractivity contribution is 0.0686. The Morgan fingerprint density at radius 1 is 1.31 bits per heavy atom. The van der Waals surface area contributed by atoms with Gasteiger partial charge in [0.2, 0.25) is 0 Å². The number of ether oxygens (including phenoxy) is 1. The second kappa shape index (κ2) is 9.59. The lowest BCUT2D eigenvalue weighted by Gasteiger charge is -2.31. The normalized spacial score (nSPS) is 16.5. The number of oxazole rings is 1. The molecule has 1 aliphatic heterocycles. The van der Waals surface area contributed by atoms with Crippen LogP contribution in [0.5, 0.6) is 5.75 Å². The predicted molar refractivity (Wildman–Crippen MR) is 122 cm³/mol. The van der Waals surface area contributed by atoms with Gasteiger partial charge in [-0.25, -0.2) is 4.98 Å². The standard InChI is InChI=1S/C25H32N4O3/c1-17(2)11-20-14-23(28(3)27-20)25(30)29-10-6-8-19(16-29)24-26-15-22(32-24)13-18-7-5-9-21(12-18)31-4/h5,7,9,12,14-15,17,19H,6,8,10-11,13,16H2,1-4H3. The van der Waals surface area contributed by atoms with Crippen molar-refractivity contribution in [2.24, 2.45) is 13.0 Å². The average Bonchev–Trinajstić information content (AvgIpc) is 3.39. The van der Waals surface area contributed by atoms with Crippen LogP contribution in [0.3, 0.4) is 0 Å². The van der Waals surface area contributed by atoms with Crippen LogP contribution in [0, 0.1) is 5.92 Å². The van der Waals surface area contributed by atoms with Crippen molar-refractivity contribution >= 4 is 5.91 Å². The third-order valence-electron chi connectivity index (χ3n) is 5.91. The Labute approximate surface area is 189 Å². The number of amides is 1. The van der Waals surface area contributed by atoms with Gasteiger partial charge in [-0.2, -0.15) is 5.10 Å². The highest BCUT2D eigenvalue weighted by Gasteiger charge is 2.30. The fourth-order valence-electron chi connectivity index (χ4n) is 4.35. The molecule has 170 valence electrons. The third kappa shape index (κ3) is 5.03. The zero-order valence-electron chi connectivity index (χ0n) is 19.4. The Balaban J connectivity index is 1.43. The van der Waals surface area contributed by atoms with Crippen molar-refractivity contribution < 1.29 is 13.9 Å². The Bertz CT molecular complexity index is 1070. The van der Waals surface area contributed by atoms with Crippen LogP contribution < -0.4 is 4.74 Å². The van der Waals surface area contributed by atoms with Gasteiger partial charge >= 0.3 is 0 Å². The van der Waals surface area contributed by atoms with E-state index in [9.17, 15) is 4.79 Å². The maximum Gasteiger partial charge on any atom is 0.272 e. The molecule has 0 bridgehead atoms. The zero-order chi connectivity index (χ0) is 22.7. The van der Waals surface area contributed by atoms with E-state index in [1.54, 1.807) is 18.0 Å². The fraction of sp³-hybridized carbons (Fsp3) is 0.480. The van der Waals surface area contributed by atoms with Crippen molar-refractivity contribution in [2.45, 2.75) is 45.4 Å². The molecule has 0 N–H and O–H groups in total. The number of carbonyl (C=O) groups excluding carboxylic acids is 1. The number of rotatable bonds is 7. The maximum absolute atomic E-state index is 13.2. The molecule has 1 aromatic carbocycles. The van der Waals surface area contributed by atoms with Crippen molar-refractivity contribution in [3.8, 4) is 5.75 Å². The van der Waals surface area contributed by atoms with Gasteiger partial charge in [-0.1, -0.05) is 26.0 Å². The molecule has 0 radical (unpaired) electrons. The number of nitrogens with zero attached hydrogens (tertiary/aromatic N) is 4. The summed E-state index contributed by atoms with van der Waals surface area (Å²) >= 11 is 0. The SMILES string of the molecule is COc1cccc(Cc2cnc(C3CCCN(C(=O)c4cc(CC(C)C)nn4C)C3)o2)c1. The van der Waals surface area contributed by atoms with Gasteiger partial charge in [-0.05, 0) is 48.9 Å². The number of aryl methyl sites for hydroxylation is 1. The number of carbonyl (C=O) groups is 1. The molecular formula is C25H32N4O3. The summed E-state index contributed by atoms with van der Waals surface area (Å²) in [5.74, 6) is 3.00. The van der Waals surface area contributed by atoms with Crippen LogP contribution in [0.1, 0.15) is 66.0 Å². The molecular weight excluding hydrogens is 404 g/mol. The lowest BCUT2D eigenvalue weighted by Crippen LogP contribution is -2.40. The minimum atomic E-state index is 0.0304. The fourth-order valence-corrected chi connectivity index (χ4v) is 4.35. The molecule has 1 saturated heterocycles. The number of aromatic nitrogens is 3. The molecule has 0 aliphatic carbocycles. The van der Waals surface area contributed by atoms with Gasteiger partial charge in [0, 0.05) is 26.6 Å². The van der Waals surface area contributed by atoms with Crippen LogP contribution in [-0.4, -0.2) is 45.8 Å². The number of piperidine rings is 1. The number of hydrogen-bond acceptors (Lipinski definition) is 5. The first-order valence-corrected chi connectivity index (χ1v) is 11.3. The summed E-state index contributed by atoms with van der Waals surface area (Å²) in [6.45, 7) is 5.68. The average molecular weight is 437 g/mol. The highest BCUT2D eigenvalue weighted by Crippen LogP contribution is 2.28. The van der Waals surface area contributed by atoms with Gasteiger partial charge in [-0.15, -0.1) is 0 Å². The molecule has 1 amide bonds. The summed E-state index contributed by atoms with van der Waals surface area (Å²) in [6, 6.07) is 9.89. The Hall–Kier alpha value is -3.09. The first-order valence-electron chi connectivity index (χ1n) is 11.3. The molecule has 0 spiro atoms. The van der Waals surface area contributed by atoms with Gasteiger partial charge in [0.15, 0.2) is 5.89 Å². The van der Waals surface area contributed by atoms with E-state index in [0.29, 0.717) is 30.5 Å². The predicted octanol–water partition coefficient (Wildman–Crippen LogP) is 4.23. The number of likely N-dealkylation sites (tertiary alicyclic amines) is 1. The van der Waals surface area contributed by atoms with E-state index >= 15 is 0 Å². The molecule has 1 unspecified atom stereocenters. The smallest absolute Gasteiger partial charge is 0.272 e. The highest BCUT2D eigenvalue weighted by molar-refractivity contribution is 5.92. The van der Waals surface area contributed by atoms with E-state index < -0.39 is 0 Å². The summed E-state index contributed by atoms with van der Waals surface area (Å²) in [4.78, 5) is 19.7. The molecule has 3 heterocycles. The molecule has 1 aliphatic rings. The Morgan fingerprint density at radius 2 is 2.16 bits per heavy atom. The van der Waals surface area contributed by atoms with Gasteiger partial charge < -0.3 is 14.1 Å². The number of methoxy groups -OCH3 is 1. The summed E-state index contributed by atoms with van der Waals surface area (Å²) in [5.41, 5.74) is 2.72. The topological polar surface area (TPSA) is 73.4 Å². The van der Waals surface area contributed by atoms with Crippen LogP contribution in [0.15, 0.2) is 40.9 Å². The minimum absolute atomic E-state index is 0.0304. The molecule has 32 heavy (non-hydrogen) atoms. The first-order chi connectivity index (χ1) is 15.4. The second-order valence-electron chi connectivity index (χ2n) is 9.03. The summed E-state index contributed by atoms with van der Waals surface area (Å²) in [7, 11) is 3.51. The molecule has 7 nitrogen and oxygen atoms in total. The molecule has 1 fully saturated rings. The summed E-state index contributed by atoms with van der Waals surface area (Å²) < 4.78 is 13.1. The van der Waals surface area contributed by atoms with E-state index in [4.69, 9.17) is 9.15 Å². The van der Waals surface area contributed by atoms with Crippen LogP contribution in [0.2, 0.25) is 0 Å². The third-order valence-corrected chi connectivity index (χ3v) is 5.91. The number of hydrogen-bond donors (Lipinski definition) is 0. The van der Waals surface area contributed by atoms with Gasteiger partial charge in [-0.3, -0.25) is 9.48 Å². The Morgan fingerprint density at radius 3 is 2.94 bits per heavy atom. The molecule has 7 heteroatoms. The van der Waals surface area contributed by atoms with Crippen LogP contribution in [0.25, 0.3) is 0 Å². The van der Waals surface area contributed by atoms with Crippen LogP contribution in [-0.2, 0) is 19.9 Å². The van der Waals surface area contributed by atoms with Crippen LogP contribution >= 0.6 is 0 Å². The first kappa shape index (κ1) is 22.1. The van der Waals surface area contributed by atoms with Crippen molar-refractivity contribution in [3.05, 3.63) is 65.1 Å². The van der Waals surface area contributed by atoms with E-state index in [0.717, 1.165) is 48.6 Å². The monoisotopic (exact) mass is 436 g/mol.